The molecule has 0 spiro atoms. The Morgan fingerprint density at radius 2 is 1.79 bits per heavy atom. The number of hydrogen-bond acceptors (Lipinski definition) is 3. The maximum absolute atomic E-state index is 11.7. The Bertz CT molecular complexity index is 341. The van der Waals surface area contributed by atoms with E-state index in [1.807, 2.05) is 0 Å². The van der Waals surface area contributed by atoms with Crippen LogP contribution in [0.4, 0.5) is 0 Å². The molecule has 19 heavy (non-hydrogen) atoms. The summed E-state index contributed by atoms with van der Waals surface area (Å²) in [5, 5.41) is 0. The number of nitrogens with zero attached hydrogens (tertiary/aromatic N) is 1. The van der Waals surface area contributed by atoms with Crippen LogP contribution in [-0.4, -0.2) is 36.0 Å². The summed E-state index contributed by atoms with van der Waals surface area (Å²) in [6.45, 7) is 5.28. The molecule has 0 aromatic carbocycles. The van der Waals surface area contributed by atoms with Crippen LogP contribution in [-0.2, 0) is 4.79 Å². The molecular formula is C15H29N3O. The topological polar surface area (TPSA) is 72.3 Å². The summed E-state index contributed by atoms with van der Waals surface area (Å²) in [7, 11) is 2.09. The summed E-state index contributed by atoms with van der Waals surface area (Å²) < 4.78 is 0. The van der Waals surface area contributed by atoms with Crippen molar-refractivity contribution in [3.63, 3.8) is 0 Å². The first-order valence-electron chi connectivity index (χ1n) is 7.54. The van der Waals surface area contributed by atoms with Gasteiger partial charge in [0, 0.05) is 12.6 Å². The van der Waals surface area contributed by atoms with Crippen LogP contribution in [0.1, 0.15) is 52.4 Å². The van der Waals surface area contributed by atoms with Crippen molar-refractivity contribution >= 4 is 5.91 Å². The highest BCUT2D eigenvalue weighted by Crippen LogP contribution is 2.40. The maximum Gasteiger partial charge on any atom is 0.239 e. The van der Waals surface area contributed by atoms with E-state index in [2.05, 4.69) is 25.8 Å². The van der Waals surface area contributed by atoms with E-state index in [1.54, 1.807) is 0 Å². The van der Waals surface area contributed by atoms with E-state index in [-0.39, 0.29) is 5.91 Å². The summed E-state index contributed by atoms with van der Waals surface area (Å²) in [6, 6.07) is 0.550. The van der Waals surface area contributed by atoms with Gasteiger partial charge in [-0.2, -0.15) is 0 Å². The zero-order valence-corrected chi connectivity index (χ0v) is 12.6. The van der Waals surface area contributed by atoms with E-state index in [0.29, 0.717) is 23.9 Å². The summed E-state index contributed by atoms with van der Waals surface area (Å²) in [5.41, 5.74) is 11.5. The van der Waals surface area contributed by atoms with Crippen molar-refractivity contribution < 1.29 is 4.79 Å². The summed E-state index contributed by atoms with van der Waals surface area (Å²) in [5.74, 6) is -0.0366. The van der Waals surface area contributed by atoms with Gasteiger partial charge >= 0.3 is 0 Å². The second-order valence-corrected chi connectivity index (χ2v) is 7.49. The minimum absolute atomic E-state index is 0.299. The van der Waals surface area contributed by atoms with Gasteiger partial charge in [-0.05, 0) is 56.9 Å². The predicted octanol–water partition coefficient (Wildman–Crippen LogP) is 1.48. The molecule has 2 saturated carbocycles. The van der Waals surface area contributed by atoms with Crippen molar-refractivity contribution in [1.29, 1.82) is 0 Å². The lowest BCUT2D eigenvalue weighted by atomic mass is 9.75. The molecule has 2 rings (SSSR count). The van der Waals surface area contributed by atoms with E-state index in [1.165, 1.54) is 25.7 Å². The van der Waals surface area contributed by atoms with Crippen molar-refractivity contribution in [3.05, 3.63) is 0 Å². The number of likely N-dealkylation sites (N-methyl/N-ethyl adjacent to an activating group) is 1. The second kappa shape index (κ2) is 5.06. The number of nitrogens with two attached hydrogens (primary N) is 2. The SMILES string of the molecule is CN(CC(N)(C(N)=O)C1CC1)C1CCC(C)(C)CC1. The number of carbonyl (C=O) groups is 1. The van der Waals surface area contributed by atoms with Crippen molar-refractivity contribution in [3.8, 4) is 0 Å². The Morgan fingerprint density at radius 1 is 1.26 bits per heavy atom. The molecule has 4 nitrogen and oxygen atoms in total. The van der Waals surface area contributed by atoms with E-state index in [4.69, 9.17) is 11.5 Å². The molecular weight excluding hydrogens is 238 g/mol. The number of primary amides is 1. The number of hydrogen-bond donors (Lipinski definition) is 2. The van der Waals surface area contributed by atoms with Crippen molar-refractivity contribution in [1.82, 2.24) is 4.90 Å². The average Bonchev–Trinajstić information content (AvgIpc) is 3.12. The molecule has 0 aliphatic heterocycles. The van der Waals surface area contributed by atoms with Gasteiger partial charge in [-0.15, -0.1) is 0 Å². The monoisotopic (exact) mass is 267 g/mol. The average molecular weight is 267 g/mol. The normalized spacial score (nSPS) is 27.2. The van der Waals surface area contributed by atoms with Crippen LogP contribution < -0.4 is 11.5 Å². The highest BCUT2D eigenvalue weighted by Gasteiger charge is 2.48. The zero-order valence-electron chi connectivity index (χ0n) is 12.6. The van der Waals surface area contributed by atoms with Gasteiger partial charge in [-0.3, -0.25) is 4.79 Å². The molecule has 1 amide bonds. The van der Waals surface area contributed by atoms with Crippen molar-refractivity contribution in [2.75, 3.05) is 13.6 Å². The molecule has 0 radical (unpaired) electrons. The molecule has 4 heteroatoms. The third-order valence-electron chi connectivity index (χ3n) is 5.21. The first-order chi connectivity index (χ1) is 8.74. The van der Waals surface area contributed by atoms with Crippen LogP contribution in [0.3, 0.4) is 0 Å². The van der Waals surface area contributed by atoms with Gasteiger partial charge in [0.1, 0.15) is 5.54 Å². The fraction of sp³-hybridized carbons (Fsp3) is 0.933. The van der Waals surface area contributed by atoms with E-state index >= 15 is 0 Å². The Labute approximate surface area is 116 Å². The second-order valence-electron chi connectivity index (χ2n) is 7.49. The van der Waals surface area contributed by atoms with E-state index in [9.17, 15) is 4.79 Å². The molecule has 0 aromatic heterocycles. The molecule has 4 N–H and O–H groups in total. The van der Waals surface area contributed by atoms with Gasteiger partial charge < -0.3 is 16.4 Å². The Morgan fingerprint density at radius 3 is 2.21 bits per heavy atom. The van der Waals surface area contributed by atoms with Gasteiger partial charge in [-0.25, -0.2) is 0 Å². The van der Waals surface area contributed by atoms with Crippen LogP contribution in [0.2, 0.25) is 0 Å². The minimum atomic E-state index is -0.818. The molecule has 2 aliphatic rings. The quantitative estimate of drug-likeness (QED) is 0.792. The van der Waals surface area contributed by atoms with Gasteiger partial charge in [0.15, 0.2) is 0 Å². The lowest BCUT2D eigenvalue weighted by molar-refractivity contribution is -0.124. The first kappa shape index (κ1) is 14.8. The Balaban J connectivity index is 1.93. The lowest BCUT2D eigenvalue weighted by Crippen LogP contribution is -2.61. The number of rotatable bonds is 5. The van der Waals surface area contributed by atoms with Crippen LogP contribution >= 0.6 is 0 Å². The standard InChI is InChI=1S/C15H29N3O/c1-14(2)8-6-12(7-9-14)18(3)10-15(17,13(16)19)11-4-5-11/h11-12H,4-10,17H2,1-3H3,(H2,16,19). The van der Waals surface area contributed by atoms with Crippen LogP contribution in [0.5, 0.6) is 0 Å². The summed E-state index contributed by atoms with van der Waals surface area (Å²) in [6.07, 6.45) is 6.99. The largest absolute Gasteiger partial charge is 0.368 e. The van der Waals surface area contributed by atoms with Crippen molar-refractivity contribution in [2.45, 2.75) is 64.0 Å². The smallest absolute Gasteiger partial charge is 0.239 e. The molecule has 0 heterocycles. The number of amides is 1. The van der Waals surface area contributed by atoms with Crippen LogP contribution in [0, 0.1) is 11.3 Å². The van der Waals surface area contributed by atoms with E-state index in [0.717, 1.165) is 12.8 Å². The minimum Gasteiger partial charge on any atom is -0.368 e. The first-order valence-corrected chi connectivity index (χ1v) is 7.54. The lowest BCUT2D eigenvalue weighted by Gasteiger charge is -2.41. The van der Waals surface area contributed by atoms with Gasteiger partial charge in [0.05, 0.1) is 0 Å². The fourth-order valence-corrected chi connectivity index (χ4v) is 3.37. The zero-order chi connectivity index (χ0) is 14.3. The fourth-order valence-electron chi connectivity index (χ4n) is 3.37. The molecule has 2 fully saturated rings. The van der Waals surface area contributed by atoms with Crippen LogP contribution in [0.15, 0.2) is 0 Å². The maximum atomic E-state index is 11.7. The van der Waals surface area contributed by atoms with E-state index < -0.39 is 5.54 Å². The molecule has 0 saturated heterocycles. The molecule has 110 valence electrons. The summed E-state index contributed by atoms with van der Waals surface area (Å²) in [4.78, 5) is 14.0. The summed E-state index contributed by atoms with van der Waals surface area (Å²) >= 11 is 0. The third kappa shape index (κ3) is 3.29. The highest BCUT2D eigenvalue weighted by molar-refractivity contribution is 5.85. The highest BCUT2D eigenvalue weighted by atomic mass is 16.1. The van der Waals surface area contributed by atoms with Crippen LogP contribution in [0.25, 0.3) is 0 Å². The number of carbonyl (C=O) groups excluding carboxylic acids is 1. The van der Waals surface area contributed by atoms with Gasteiger partial charge in [-0.1, -0.05) is 13.8 Å². The molecule has 1 unspecified atom stereocenters. The van der Waals surface area contributed by atoms with Gasteiger partial charge in [0.25, 0.3) is 0 Å². The Kier molecular flexibility index (Phi) is 3.94. The third-order valence-corrected chi connectivity index (χ3v) is 5.21. The van der Waals surface area contributed by atoms with Crippen molar-refractivity contribution in [2.24, 2.45) is 22.8 Å². The van der Waals surface area contributed by atoms with Gasteiger partial charge in [0.2, 0.25) is 5.91 Å². The predicted molar refractivity (Wildman–Crippen MR) is 77.5 cm³/mol. The molecule has 0 bridgehead atoms. The molecule has 2 aliphatic carbocycles. The Hall–Kier alpha value is -0.610. The molecule has 0 aromatic rings. The molecule has 1 atom stereocenters.